The molecule has 0 radical (unpaired) electrons. The molecule has 5 aromatic rings. The number of nitrogens with zero attached hydrogens (tertiary/aromatic N) is 2. The molecule has 2 aliphatic heterocycles. The Bertz CT molecular complexity index is 1860. The van der Waals surface area contributed by atoms with Gasteiger partial charge in [-0.05, 0) is 61.0 Å². The average molecular weight is 560 g/mol. The van der Waals surface area contributed by atoms with Crippen LogP contribution in [-0.2, 0) is 10.3 Å². The van der Waals surface area contributed by atoms with Crippen molar-refractivity contribution in [1.82, 2.24) is 9.88 Å². The maximum Gasteiger partial charge on any atom is 0.332 e. The number of ether oxygens (including phenoxy) is 2. The van der Waals surface area contributed by atoms with Crippen molar-refractivity contribution in [1.29, 1.82) is 0 Å². The molecule has 212 valence electrons. The number of imide groups is 1. The normalized spacial score (nSPS) is 19.8. The Morgan fingerprint density at radius 1 is 0.881 bits per heavy atom. The van der Waals surface area contributed by atoms with E-state index in [1.165, 1.54) is 4.90 Å². The summed E-state index contributed by atoms with van der Waals surface area (Å²) in [6.45, 7) is 7.35. The van der Waals surface area contributed by atoms with Gasteiger partial charge in [-0.25, -0.2) is 9.69 Å². The van der Waals surface area contributed by atoms with Gasteiger partial charge in [-0.2, -0.15) is 0 Å². The molecule has 7 heteroatoms. The minimum absolute atomic E-state index is 0.187. The molecule has 4 aromatic carbocycles. The van der Waals surface area contributed by atoms with Crippen molar-refractivity contribution in [3.63, 3.8) is 0 Å². The molecule has 3 heterocycles. The summed E-state index contributed by atoms with van der Waals surface area (Å²) < 4.78 is 12.0. The number of hydrogen-bond acceptors (Lipinski definition) is 4. The summed E-state index contributed by atoms with van der Waals surface area (Å²) in [5.74, 6) is 0.942. The molecule has 3 amide bonds. The topological polar surface area (TPSA) is 74.9 Å². The Balaban J connectivity index is 1.40. The van der Waals surface area contributed by atoms with Crippen molar-refractivity contribution in [2.45, 2.75) is 38.6 Å². The molecule has 0 spiro atoms. The summed E-state index contributed by atoms with van der Waals surface area (Å²) >= 11 is 0. The fourth-order valence-electron chi connectivity index (χ4n) is 6.65. The van der Waals surface area contributed by atoms with E-state index in [4.69, 9.17) is 9.47 Å². The summed E-state index contributed by atoms with van der Waals surface area (Å²) in [6.07, 6.45) is 0.894. The lowest BCUT2D eigenvalue weighted by atomic mass is 9.78. The summed E-state index contributed by atoms with van der Waals surface area (Å²) in [5.41, 5.74) is 3.14. The van der Waals surface area contributed by atoms with Crippen LogP contribution in [0.1, 0.15) is 49.9 Å². The SMILES string of the molecule is CCCOc1ccc([C@@H]2CN3C(=O)N(c4cccc5ccccc45)C(=O)[C@]3(C)c3[nH]c4ccccc4c32)cc1OCC. The van der Waals surface area contributed by atoms with Crippen molar-refractivity contribution < 1.29 is 19.1 Å². The number of carbonyl (C=O) groups is 2. The van der Waals surface area contributed by atoms with Crippen LogP contribution in [0.4, 0.5) is 10.5 Å². The fraction of sp³-hybridized carbons (Fsp3) is 0.257. The molecular formula is C35H33N3O4. The molecule has 0 aliphatic carbocycles. The van der Waals surface area contributed by atoms with Gasteiger partial charge in [0.2, 0.25) is 0 Å². The lowest BCUT2D eigenvalue weighted by Gasteiger charge is -2.40. The van der Waals surface area contributed by atoms with Crippen LogP contribution in [0.2, 0.25) is 0 Å². The van der Waals surface area contributed by atoms with Crippen LogP contribution in [0.3, 0.4) is 0 Å². The summed E-state index contributed by atoms with van der Waals surface area (Å²) in [5, 5.41) is 2.89. The standard InChI is InChI=1S/C35H33N3O4/c1-4-19-42-29-18-17-23(20-30(29)41-5-2)26-21-37-34(40)38(28-16-10-12-22-11-6-7-13-24(22)28)33(39)35(37,3)32-31(26)25-14-8-9-15-27(25)36-32/h6-18,20,26,36H,4-5,19,21H2,1-3H3/t26-,35-/m0/s1. The molecular weight excluding hydrogens is 526 g/mol. The average Bonchev–Trinajstić information content (AvgIpc) is 3.49. The predicted molar refractivity (Wildman–Crippen MR) is 164 cm³/mol. The zero-order chi connectivity index (χ0) is 29.0. The lowest BCUT2D eigenvalue weighted by Crippen LogP contribution is -2.50. The Hall–Kier alpha value is -4.78. The third-order valence-corrected chi connectivity index (χ3v) is 8.67. The van der Waals surface area contributed by atoms with Crippen molar-refractivity contribution >= 4 is 39.3 Å². The number of fused-ring (bicyclic) bond motifs is 6. The van der Waals surface area contributed by atoms with Gasteiger partial charge in [0.25, 0.3) is 5.91 Å². The Morgan fingerprint density at radius 2 is 1.64 bits per heavy atom. The minimum Gasteiger partial charge on any atom is -0.490 e. The van der Waals surface area contributed by atoms with Gasteiger partial charge in [0.1, 0.15) is 0 Å². The Labute approximate surface area is 244 Å². The number of urea groups is 1. The molecule has 1 saturated heterocycles. The van der Waals surface area contributed by atoms with E-state index in [0.29, 0.717) is 36.9 Å². The highest BCUT2D eigenvalue weighted by molar-refractivity contribution is 6.26. The van der Waals surface area contributed by atoms with Gasteiger partial charge in [-0.1, -0.05) is 67.6 Å². The first-order valence-electron chi connectivity index (χ1n) is 14.6. The van der Waals surface area contributed by atoms with Crippen LogP contribution < -0.4 is 14.4 Å². The number of aromatic amines is 1. The highest BCUT2D eigenvalue weighted by Gasteiger charge is 2.60. The largest absolute Gasteiger partial charge is 0.490 e. The van der Waals surface area contributed by atoms with Gasteiger partial charge in [0.05, 0.1) is 24.6 Å². The van der Waals surface area contributed by atoms with Crippen molar-refractivity contribution in [3.8, 4) is 11.5 Å². The zero-order valence-corrected chi connectivity index (χ0v) is 24.0. The van der Waals surface area contributed by atoms with Crippen LogP contribution in [0.25, 0.3) is 21.7 Å². The number of amides is 3. The molecule has 0 unspecified atom stereocenters. The van der Waals surface area contributed by atoms with Crippen LogP contribution >= 0.6 is 0 Å². The van der Waals surface area contributed by atoms with E-state index in [0.717, 1.165) is 44.9 Å². The highest BCUT2D eigenvalue weighted by atomic mass is 16.5. The predicted octanol–water partition coefficient (Wildman–Crippen LogP) is 7.34. The molecule has 1 N–H and O–H groups in total. The monoisotopic (exact) mass is 559 g/mol. The molecule has 7 nitrogen and oxygen atoms in total. The molecule has 7 rings (SSSR count). The number of carbonyl (C=O) groups excluding carboxylic acids is 2. The maximum atomic E-state index is 14.5. The number of para-hydroxylation sites is 1. The third-order valence-electron chi connectivity index (χ3n) is 8.67. The van der Waals surface area contributed by atoms with Crippen molar-refractivity contribution in [2.75, 3.05) is 24.7 Å². The highest BCUT2D eigenvalue weighted by Crippen LogP contribution is 2.51. The first-order valence-corrected chi connectivity index (χ1v) is 14.6. The van der Waals surface area contributed by atoms with Gasteiger partial charge in [0, 0.05) is 28.8 Å². The van der Waals surface area contributed by atoms with Gasteiger partial charge in [-0.15, -0.1) is 0 Å². The number of anilines is 1. The molecule has 0 bridgehead atoms. The smallest absolute Gasteiger partial charge is 0.332 e. The first kappa shape index (κ1) is 26.1. The third kappa shape index (κ3) is 3.73. The number of H-pyrrole nitrogens is 1. The van der Waals surface area contributed by atoms with Crippen molar-refractivity contribution in [2.24, 2.45) is 0 Å². The van der Waals surface area contributed by atoms with E-state index < -0.39 is 5.54 Å². The van der Waals surface area contributed by atoms with Crippen LogP contribution in [0, 0.1) is 0 Å². The van der Waals surface area contributed by atoms with E-state index in [-0.39, 0.29) is 17.9 Å². The maximum absolute atomic E-state index is 14.5. The summed E-state index contributed by atoms with van der Waals surface area (Å²) in [6, 6.07) is 27.4. The quantitative estimate of drug-likeness (QED) is 0.212. The minimum atomic E-state index is -1.19. The number of aromatic nitrogens is 1. The molecule has 1 fully saturated rings. The second-order valence-electron chi connectivity index (χ2n) is 11.1. The van der Waals surface area contributed by atoms with E-state index in [9.17, 15) is 9.59 Å². The Morgan fingerprint density at radius 3 is 2.45 bits per heavy atom. The van der Waals surface area contributed by atoms with E-state index in [1.54, 1.807) is 4.90 Å². The number of nitrogens with one attached hydrogen (secondary N) is 1. The molecule has 1 aromatic heterocycles. The number of hydrogen-bond donors (Lipinski definition) is 1. The van der Waals surface area contributed by atoms with Gasteiger partial charge in [-0.3, -0.25) is 4.79 Å². The van der Waals surface area contributed by atoms with E-state index >= 15 is 0 Å². The Kier molecular flexibility index (Phi) is 6.19. The summed E-state index contributed by atoms with van der Waals surface area (Å²) in [7, 11) is 0. The zero-order valence-electron chi connectivity index (χ0n) is 24.0. The number of rotatable bonds is 7. The summed E-state index contributed by atoms with van der Waals surface area (Å²) in [4.78, 5) is 35.5. The van der Waals surface area contributed by atoms with Crippen LogP contribution in [0.5, 0.6) is 11.5 Å². The fourth-order valence-corrected chi connectivity index (χ4v) is 6.65. The van der Waals surface area contributed by atoms with Gasteiger partial charge >= 0.3 is 6.03 Å². The van der Waals surface area contributed by atoms with Crippen LogP contribution in [0.15, 0.2) is 84.9 Å². The van der Waals surface area contributed by atoms with Crippen molar-refractivity contribution in [3.05, 3.63) is 102 Å². The van der Waals surface area contributed by atoms with Crippen LogP contribution in [-0.4, -0.2) is 41.6 Å². The lowest BCUT2D eigenvalue weighted by molar-refractivity contribution is -0.125. The van der Waals surface area contributed by atoms with E-state index in [2.05, 4.69) is 24.0 Å². The molecule has 2 aliphatic rings. The molecule has 2 atom stereocenters. The number of benzene rings is 4. The first-order chi connectivity index (χ1) is 20.5. The van der Waals surface area contributed by atoms with E-state index in [1.807, 2.05) is 86.6 Å². The second-order valence-corrected chi connectivity index (χ2v) is 11.1. The molecule has 0 saturated carbocycles. The second kappa shape index (κ2) is 9.94. The van der Waals surface area contributed by atoms with Gasteiger partial charge in [0.15, 0.2) is 17.0 Å². The molecule has 42 heavy (non-hydrogen) atoms. The van der Waals surface area contributed by atoms with Gasteiger partial charge < -0.3 is 19.4 Å².